The SMILES string of the molecule is CC(C)(C)[C@H](c1ccnc2ccccc12)N1CCNCC1. The highest BCUT2D eigenvalue weighted by Crippen LogP contribution is 2.40. The predicted octanol–water partition coefficient (Wildman–Crippen LogP) is 3.23. The number of fused-ring (bicyclic) bond motifs is 1. The Bertz CT molecular complexity index is 604. The molecule has 2 heterocycles. The first kappa shape index (κ1) is 14.5. The summed E-state index contributed by atoms with van der Waals surface area (Å²) in [5.74, 6) is 0. The number of rotatable bonds is 2. The van der Waals surface area contributed by atoms with Crippen molar-refractivity contribution in [2.75, 3.05) is 26.2 Å². The number of nitrogens with zero attached hydrogens (tertiary/aromatic N) is 2. The van der Waals surface area contributed by atoms with Crippen molar-refractivity contribution in [1.29, 1.82) is 0 Å². The summed E-state index contributed by atoms with van der Waals surface area (Å²) in [6, 6.07) is 11.1. The Labute approximate surface area is 127 Å². The molecule has 0 saturated carbocycles. The van der Waals surface area contributed by atoms with E-state index >= 15 is 0 Å². The van der Waals surface area contributed by atoms with E-state index in [4.69, 9.17) is 0 Å². The molecule has 3 rings (SSSR count). The lowest BCUT2D eigenvalue weighted by Crippen LogP contribution is -2.48. The van der Waals surface area contributed by atoms with Crippen LogP contribution in [0.4, 0.5) is 0 Å². The van der Waals surface area contributed by atoms with E-state index in [0.29, 0.717) is 6.04 Å². The lowest BCUT2D eigenvalue weighted by molar-refractivity contribution is 0.0872. The first-order valence-electron chi connectivity index (χ1n) is 7.86. The van der Waals surface area contributed by atoms with Crippen molar-refractivity contribution in [3.63, 3.8) is 0 Å². The van der Waals surface area contributed by atoms with Crippen LogP contribution in [-0.4, -0.2) is 36.1 Å². The molecule has 0 radical (unpaired) electrons. The fourth-order valence-electron chi connectivity index (χ4n) is 3.51. The van der Waals surface area contributed by atoms with Gasteiger partial charge in [-0.1, -0.05) is 39.0 Å². The first-order chi connectivity index (χ1) is 10.1. The monoisotopic (exact) mass is 283 g/mol. The van der Waals surface area contributed by atoms with E-state index in [9.17, 15) is 0 Å². The number of para-hydroxylation sites is 1. The number of nitrogens with one attached hydrogen (secondary N) is 1. The molecule has 1 aromatic carbocycles. The largest absolute Gasteiger partial charge is 0.314 e. The summed E-state index contributed by atoms with van der Waals surface area (Å²) in [6.45, 7) is 11.4. The topological polar surface area (TPSA) is 28.2 Å². The molecule has 1 fully saturated rings. The standard InChI is InChI=1S/C18H25N3/c1-18(2,3)17(21-12-10-19-11-13-21)15-8-9-20-16-7-5-4-6-14(15)16/h4-9,17,19H,10-13H2,1-3H3/t17-/m0/s1. The van der Waals surface area contributed by atoms with Gasteiger partial charge < -0.3 is 5.32 Å². The second-order valence-corrected chi connectivity index (χ2v) is 6.97. The molecule has 0 aliphatic carbocycles. The van der Waals surface area contributed by atoms with Crippen molar-refractivity contribution in [3.8, 4) is 0 Å². The summed E-state index contributed by atoms with van der Waals surface area (Å²) >= 11 is 0. The van der Waals surface area contributed by atoms with Crippen molar-refractivity contribution >= 4 is 10.9 Å². The highest BCUT2D eigenvalue weighted by atomic mass is 15.2. The van der Waals surface area contributed by atoms with Crippen LogP contribution in [0, 0.1) is 5.41 Å². The highest BCUT2D eigenvalue weighted by Gasteiger charge is 2.33. The maximum absolute atomic E-state index is 4.52. The summed E-state index contributed by atoms with van der Waals surface area (Å²) in [5.41, 5.74) is 2.70. The fourth-order valence-corrected chi connectivity index (χ4v) is 3.51. The van der Waals surface area contributed by atoms with Gasteiger partial charge in [0.05, 0.1) is 5.52 Å². The zero-order valence-corrected chi connectivity index (χ0v) is 13.3. The van der Waals surface area contributed by atoms with E-state index < -0.39 is 0 Å². The van der Waals surface area contributed by atoms with Crippen molar-refractivity contribution in [2.45, 2.75) is 26.8 Å². The molecule has 1 N–H and O–H groups in total. The van der Waals surface area contributed by atoms with Crippen LogP contribution in [-0.2, 0) is 0 Å². The summed E-state index contributed by atoms with van der Waals surface area (Å²) in [4.78, 5) is 7.14. The minimum Gasteiger partial charge on any atom is -0.314 e. The Morgan fingerprint density at radius 2 is 1.81 bits per heavy atom. The third-order valence-electron chi connectivity index (χ3n) is 4.31. The molecule has 21 heavy (non-hydrogen) atoms. The van der Waals surface area contributed by atoms with Gasteiger partial charge in [-0.2, -0.15) is 0 Å². The molecule has 0 unspecified atom stereocenters. The normalized spacial score (nSPS) is 18.8. The van der Waals surface area contributed by atoms with E-state index in [-0.39, 0.29) is 5.41 Å². The number of hydrogen-bond acceptors (Lipinski definition) is 3. The second-order valence-electron chi connectivity index (χ2n) is 6.97. The number of hydrogen-bond donors (Lipinski definition) is 1. The third-order valence-corrected chi connectivity index (χ3v) is 4.31. The number of benzene rings is 1. The Hall–Kier alpha value is -1.45. The van der Waals surface area contributed by atoms with Gasteiger partial charge in [0.15, 0.2) is 0 Å². The van der Waals surface area contributed by atoms with Crippen LogP contribution < -0.4 is 5.32 Å². The zero-order valence-electron chi connectivity index (χ0n) is 13.3. The molecular formula is C18H25N3. The fraction of sp³-hybridized carbons (Fsp3) is 0.500. The predicted molar refractivity (Wildman–Crippen MR) is 88.4 cm³/mol. The molecule has 1 atom stereocenters. The van der Waals surface area contributed by atoms with Crippen LogP contribution in [0.2, 0.25) is 0 Å². The molecule has 0 bridgehead atoms. The summed E-state index contributed by atoms with van der Waals surface area (Å²) in [7, 11) is 0. The van der Waals surface area contributed by atoms with E-state index in [2.05, 4.69) is 66.3 Å². The van der Waals surface area contributed by atoms with Gasteiger partial charge in [-0.15, -0.1) is 0 Å². The van der Waals surface area contributed by atoms with Gasteiger partial charge in [-0.3, -0.25) is 9.88 Å². The molecule has 0 spiro atoms. The number of aromatic nitrogens is 1. The van der Waals surface area contributed by atoms with Gasteiger partial charge in [0, 0.05) is 43.8 Å². The molecule has 0 amide bonds. The van der Waals surface area contributed by atoms with Crippen molar-refractivity contribution in [2.24, 2.45) is 5.41 Å². The molecule has 1 aliphatic heterocycles. The molecule has 3 nitrogen and oxygen atoms in total. The van der Waals surface area contributed by atoms with E-state index in [1.54, 1.807) is 0 Å². The molecular weight excluding hydrogens is 258 g/mol. The smallest absolute Gasteiger partial charge is 0.0705 e. The van der Waals surface area contributed by atoms with Gasteiger partial charge in [-0.25, -0.2) is 0 Å². The molecule has 2 aromatic rings. The van der Waals surface area contributed by atoms with Gasteiger partial charge in [0.1, 0.15) is 0 Å². The Kier molecular flexibility index (Phi) is 3.96. The molecule has 1 aliphatic rings. The van der Waals surface area contributed by atoms with E-state index in [0.717, 1.165) is 31.7 Å². The number of piperazine rings is 1. The van der Waals surface area contributed by atoms with Crippen molar-refractivity contribution in [3.05, 3.63) is 42.1 Å². The lowest BCUT2D eigenvalue weighted by atomic mass is 9.80. The van der Waals surface area contributed by atoms with E-state index in [1.807, 2.05) is 6.20 Å². The molecule has 112 valence electrons. The van der Waals surface area contributed by atoms with Crippen LogP contribution in [0.15, 0.2) is 36.5 Å². The molecule has 1 saturated heterocycles. The Morgan fingerprint density at radius 3 is 2.52 bits per heavy atom. The summed E-state index contributed by atoms with van der Waals surface area (Å²) in [6.07, 6.45) is 1.96. The average Bonchev–Trinajstić information content (AvgIpc) is 2.47. The van der Waals surface area contributed by atoms with Crippen LogP contribution in [0.25, 0.3) is 10.9 Å². The van der Waals surface area contributed by atoms with Gasteiger partial charge in [0.2, 0.25) is 0 Å². The van der Waals surface area contributed by atoms with E-state index in [1.165, 1.54) is 10.9 Å². The Balaban J connectivity index is 2.10. The quantitative estimate of drug-likeness (QED) is 0.917. The second kappa shape index (κ2) is 5.74. The lowest BCUT2D eigenvalue weighted by Gasteiger charge is -2.43. The Morgan fingerprint density at radius 1 is 1.10 bits per heavy atom. The van der Waals surface area contributed by atoms with Crippen LogP contribution in [0.1, 0.15) is 32.4 Å². The molecule has 1 aromatic heterocycles. The highest BCUT2D eigenvalue weighted by molar-refractivity contribution is 5.82. The summed E-state index contributed by atoms with van der Waals surface area (Å²) in [5, 5.41) is 4.75. The van der Waals surface area contributed by atoms with Gasteiger partial charge >= 0.3 is 0 Å². The van der Waals surface area contributed by atoms with Crippen molar-refractivity contribution in [1.82, 2.24) is 15.2 Å². The van der Waals surface area contributed by atoms with Crippen LogP contribution >= 0.6 is 0 Å². The minimum atomic E-state index is 0.196. The van der Waals surface area contributed by atoms with Gasteiger partial charge in [-0.05, 0) is 23.1 Å². The maximum Gasteiger partial charge on any atom is 0.0705 e. The van der Waals surface area contributed by atoms with Crippen LogP contribution in [0.5, 0.6) is 0 Å². The summed E-state index contributed by atoms with van der Waals surface area (Å²) < 4.78 is 0. The average molecular weight is 283 g/mol. The maximum atomic E-state index is 4.52. The first-order valence-corrected chi connectivity index (χ1v) is 7.86. The third kappa shape index (κ3) is 2.94. The number of pyridine rings is 1. The minimum absolute atomic E-state index is 0.196. The molecule has 3 heteroatoms. The van der Waals surface area contributed by atoms with Crippen LogP contribution in [0.3, 0.4) is 0 Å². The van der Waals surface area contributed by atoms with Gasteiger partial charge in [0.25, 0.3) is 0 Å². The van der Waals surface area contributed by atoms with Crippen molar-refractivity contribution < 1.29 is 0 Å². The zero-order chi connectivity index (χ0) is 14.9.